The predicted octanol–water partition coefficient (Wildman–Crippen LogP) is 2.17. The summed E-state index contributed by atoms with van der Waals surface area (Å²) in [7, 11) is -0.804. The Morgan fingerprint density at radius 3 is 2.11 bits per heavy atom. The Morgan fingerprint density at radius 1 is 0.964 bits per heavy atom. The third-order valence-electron chi connectivity index (χ3n) is 3.75. The second-order valence-corrected chi connectivity index (χ2v) is 7.61. The molecule has 146 valence electrons. The SMILES string of the molecule is COc1ccc(-c2nnc(NC(=O)CS(=O)(=O)c3ccc(OC)cc3)o2)cc1. The van der Waals surface area contributed by atoms with E-state index in [1.807, 2.05) is 0 Å². The lowest BCUT2D eigenvalue weighted by atomic mass is 10.2. The topological polar surface area (TPSA) is 121 Å². The number of nitrogens with zero attached hydrogens (tertiary/aromatic N) is 2. The first-order chi connectivity index (χ1) is 13.4. The van der Waals surface area contributed by atoms with Gasteiger partial charge in [-0.2, -0.15) is 0 Å². The molecule has 0 spiro atoms. The lowest BCUT2D eigenvalue weighted by molar-refractivity contribution is -0.114. The highest BCUT2D eigenvalue weighted by atomic mass is 32.2. The van der Waals surface area contributed by atoms with Crippen LogP contribution in [0.25, 0.3) is 11.5 Å². The van der Waals surface area contributed by atoms with E-state index in [-0.39, 0.29) is 16.8 Å². The van der Waals surface area contributed by atoms with Crippen LogP contribution in [0.3, 0.4) is 0 Å². The summed E-state index contributed by atoms with van der Waals surface area (Å²) in [6.07, 6.45) is 0. The van der Waals surface area contributed by atoms with E-state index in [0.717, 1.165) is 0 Å². The maximum atomic E-state index is 12.3. The number of hydrogen-bond acceptors (Lipinski definition) is 8. The molecule has 0 aliphatic rings. The molecular weight excluding hydrogens is 386 g/mol. The highest BCUT2D eigenvalue weighted by Crippen LogP contribution is 2.23. The van der Waals surface area contributed by atoms with Gasteiger partial charge in [0.1, 0.15) is 17.3 Å². The van der Waals surface area contributed by atoms with Crippen LogP contribution in [0.2, 0.25) is 0 Å². The Bertz CT molecular complexity index is 1060. The monoisotopic (exact) mass is 403 g/mol. The molecule has 1 amide bonds. The van der Waals surface area contributed by atoms with Crippen molar-refractivity contribution >= 4 is 21.8 Å². The second-order valence-electron chi connectivity index (χ2n) is 5.62. The van der Waals surface area contributed by atoms with Crippen molar-refractivity contribution in [3.8, 4) is 23.0 Å². The van der Waals surface area contributed by atoms with E-state index in [1.165, 1.54) is 31.4 Å². The van der Waals surface area contributed by atoms with Crippen molar-refractivity contribution in [1.29, 1.82) is 0 Å². The zero-order chi connectivity index (χ0) is 20.1. The first-order valence-electron chi connectivity index (χ1n) is 8.06. The van der Waals surface area contributed by atoms with E-state index in [4.69, 9.17) is 13.9 Å². The van der Waals surface area contributed by atoms with Gasteiger partial charge in [-0.15, -0.1) is 5.10 Å². The number of sulfone groups is 1. The summed E-state index contributed by atoms with van der Waals surface area (Å²) >= 11 is 0. The number of methoxy groups -OCH3 is 2. The standard InChI is InChI=1S/C18H17N3O6S/c1-25-13-5-3-12(4-6-13)17-20-21-18(27-17)19-16(22)11-28(23,24)15-9-7-14(26-2)8-10-15/h3-10H,11H2,1-2H3,(H,19,21,22). The van der Waals surface area contributed by atoms with Crippen molar-refractivity contribution in [1.82, 2.24) is 10.2 Å². The van der Waals surface area contributed by atoms with E-state index in [0.29, 0.717) is 17.1 Å². The molecule has 3 aromatic rings. The molecule has 9 nitrogen and oxygen atoms in total. The van der Waals surface area contributed by atoms with Gasteiger partial charge in [-0.3, -0.25) is 10.1 Å². The van der Waals surface area contributed by atoms with Gasteiger partial charge >= 0.3 is 6.01 Å². The Morgan fingerprint density at radius 2 is 1.54 bits per heavy atom. The second kappa shape index (κ2) is 8.09. The Hall–Kier alpha value is -3.40. The molecule has 0 aliphatic heterocycles. The van der Waals surface area contributed by atoms with Crippen LogP contribution in [0.15, 0.2) is 57.8 Å². The van der Waals surface area contributed by atoms with Gasteiger partial charge in [0.15, 0.2) is 9.84 Å². The average molecular weight is 403 g/mol. The highest BCUT2D eigenvalue weighted by molar-refractivity contribution is 7.92. The van der Waals surface area contributed by atoms with Crippen LogP contribution in [0.5, 0.6) is 11.5 Å². The molecule has 3 rings (SSSR count). The summed E-state index contributed by atoms with van der Waals surface area (Å²) in [4.78, 5) is 12.1. The van der Waals surface area contributed by atoms with Gasteiger partial charge in [-0.05, 0) is 48.5 Å². The fourth-order valence-corrected chi connectivity index (χ4v) is 3.45. The quantitative estimate of drug-likeness (QED) is 0.637. The molecule has 0 saturated heterocycles. The van der Waals surface area contributed by atoms with E-state index < -0.39 is 21.5 Å². The number of carbonyl (C=O) groups is 1. The lowest BCUT2D eigenvalue weighted by Crippen LogP contribution is -2.23. The highest BCUT2D eigenvalue weighted by Gasteiger charge is 2.21. The molecule has 0 fully saturated rings. The molecule has 0 unspecified atom stereocenters. The van der Waals surface area contributed by atoms with E-state index in [9.17, 15) is 13.2 Å². The van der Waals surface area contributed by atoms with Gasteiger partial charge in [-0.25, -0.2) is 8.42 Å². The Labute approximate surface area is 161 Å². The van der Waals surface area contributed by atoms with E-state index in [2.05, 4.69) is 15.5 Å². The summed E-state index contributed by atoms with van der Waals surface area (Å²) in [6, 6.07) is 12.4. The summed E-state index contributed by atoms with van der Waals surface area (Å²) in [5, 5.41) is 9.84. The largest absolute Gasteiger partial charge is 0.497 e. The number of hydrogen-bond donors (Lipinski definition) is 1. The Balaban J connectivity index is 1.66. The van der Waals surface area contributed by atoms with Crippen LogP contribution in [0, 0.1) is 0 Å². The molecule has 28 heavy (non-hydrogen) atoms. The van der Waals surface area contributed by atoms with Crippen LogP contribution in [0.4, 0.5) is 6.01 Å². The van der Waals surface area contributed by atoms with Gasteiger partial charge in [0.2, 0.25) is 11.8 Å². The minimum atomic E-state index is -3.83. The molecule has 0 saturated carbocycles. The van der Waals surface area contributed by atoms with Crippen LogP contribution in [-0.2, 0) is 14.6 Å². The molecule has 1 N–H and O–H groups in total. The number of anilines is 1. The van der Waals surface area contributed by atoms with Gasteiger partial charge in [0.25, 0.3) is 0 Å². The van der Waals surface area contributed by atoms with Crippen molar-refractivity contribution in [2.75, 3.05) is 25.3 Å². The number of nitrogens with one attached hydrogen (secondary N) is 1. The number of amides is 1. The molecule has 2 aromatic carbocycles. The van der Waals surface area contributed by atoms with Crippen LogP contribution >= 0.6 is 0 Å². The molecule has 1 aromatic heterocycles. The fourth-order valence-electron chi connectivity index (χ4n) is 2.32. The number of rotatable bonds is 7. The number of aromatic nitrogens is 2. The smallest absolute Gasteiger partial charge is 0.322 e. The van der Waals surface area contributed by atoms with Crippen LogP contribution in [-0.4, -0.2) is 44.5 Å². The average Bonchev–Trinajstić information content (AvgIpc) is 3.16. The zero-order valence-electron chi connectivity index (χ0n) is 15.1. The molecule has 10 heteroatoms. The van der Waals surface area contributed by atoms with Gasteiger partial charge in [0.05, 0.1) is 19.1 Å². The van der Waals surface area contributed by atoms with Crippen molar-refractivity contribution in [3.05, 3.63) is 48.5 Å². The van der Waals surface area contributed by atoms with E-state index in [1.54, 1.807) is 31.4 Å². The molecule has 0 radical (unpaired) electrons. The number of ether oxygens (including phenoxy) is 2. The molecule has 0 bridgehead atoms. The van der Waals surface area contributed by atoms with Gasteiger partial charge in [0, 0.05) is 5.56 Å². The molecule has 1 heterocycles. The number of benzene rings is 2. The van der Waals surface area contributed by atoms with Crippen LogP contribution < -0.4 is 14.8 Å². The van der Waals surface area contributed by atoms with Gasteiger partial charge < -0.3 is 13.9 Å². The maximum absolute atomic E-state index is 12.3. The maximum Gasteiger partial charge on any atom is 0.322 e. The summed E-state index contributed by atoms with van der Waals surface area (Å²) < 4.78 is 40.1. The van der Waals surface area contributed by atoms with Gasteiger partial charge in [-0.1, -0.05) is 5.10 Å². The van der Waals surface area contributed by atoms with Crippen LogP contribution in [0.1, 0.15) is 0 Å². The minimum Gasteiger partial charge on any atom is -0.497 e. The van der Waals surface area contributed by atoms with Crippen molar-refractivity contribution in [3.63, 3.8) is 0 Å². The van der Waals surface area contributed by atoms with Crippen molar-refractivity contribution < 1.29 is 27.1 Å². The normalized spacial score (nSPS) is 11.1. The summed E-state index contributed by atoms with van der Waals surface area (Å²) in [6.45, 7) is 0. The molecule has 0 aliphatic carbocycles. The van der Waals surface area contributed by atoms with Crippen molar-refractivity contribution in [2.45, 2.75) is 4.90 Å². The third kappa shape index (κ3) is 4.46. The molecular formula is C18H17N3O6S. The first-order valence-corrected chi connectivity index (χ1v) is 9.71. The summed E-state index contributed by atoms with van der Waals surface area (Å²) in [5.74, 6) is -0.197. The first kappa shape index (κ1) is 19.4. The zero-order valence-corrected chi connectivity index (χ0v) is 15.9. The third-order valence-corrected chi connectivity index (χ3v) is 5.38. The molecule has 0 atom stereocenters. The van der Waals surface area contributed by atoms with E-state index >= 15 is 0 Å². The van der Waals surface area contributed by atoms with Crippen molar-refractivity contribution in [2.24, 2.45) is 0 Å². The Kier molecular flexibility index (Phi) is 5.59. The lowest BCUT2D eigenvalue weighted by Gasteiger charge is -2.05. The number of carbonyl (C=O) groups excluding carboxylic acids is 1. The fraction of sp³-hybridized carbons (Fsp3) is 0.167. The predicted molar refractivity (Wildman–Crippen MR) is 100.0 cm³/mol. The summed E-state index contributed by atoms with van der Waals surface area (Å²) in [5.41, 5.74) is 0.625. The minimum absolute atomic E-state index is 0.00732.